The van der Waals surface area contributed by atoms with Gasteiger partial charge in [0.15, 0.2) is 11.6 Å². The highest BCUT2D eigenvalue weighted by Gasteiger charge is 2.23. The molecule has 0 spiro atoms. The van der Waals surface area contributed by atoms with Gasteiger partial charge >= 0.3 is 0 Å². The molecule has 3 aromatic rings. The summed E-state index contributed by atoms with van der Waals surface area (Å²) in [4.78, 5) is 20.3. The first-order chi connectivity index (χ1) is 15.2. The lowest BCUT2D eigenvalue weighted by atomic mass is 10.2. The molecule has 0 atom stereocenters. The van der Waals surface area contributed by atoms with Gasteiger partial charge in [-0.3, -0.25) is 4.90 Å². The topological polar surface area (TPSA) is 90.2 Å². The Bertz CT molecular complexity index is 1110. The van der Waals surface area contributed by atoms with Crippen LogP contribution in [0.4, 0.5) is 5.82 Å². The number of morpholine rings is 1. The van der Waals surface area contributed by atoms with E-state index in [9.17, 15) is 0 Å². The molecule has 0 saturated carbocycles. The molecule has 5 rings (SSSR count). The van der Waals surface area contributed by atoms with E-state index in [1.54, 1.807) is 12.3 Å². The minimum atomic E-state index is 0.392. The normalized spacial score (nSPS) is 17.7. The van der Waals surface area contributed by atoms with Crippen molar-refractivity contribution in [1.82, 2.24) is 25.2 Å². The van der Waals surface area contributed by atoms with Crippen molar-refractivity contribution in [3.8, 4) is 17.5 Å². The Balaban J connectivity index is 1.59. The summed E-state index contributed by atoms with van der Waals surface area (Å²) in [6.07, 6.45) is 1.69. The van der Waals surface area contributed by atoms with Crippen LogP contribution in [-0.4, -0.2) is 72.3 Å². The predicted octanol–water partition coefficient (Wildman–Crippen LogP) is 2.18. The van der Waals surface area contributed by atoms with Gasteiger partial charge in [-0.2, -0.15) is 5.26 Å². The Labute approximate surface area is 185 Å². The van der Waals surface area contributed by atoms with Crippen LogP contribution in [0.25, 0.3) is 21.6 Å². The molecular formula is C22H25N7OS. The summed E-state index contributed by atoms with van der Waals surface area (Å²) in [5.41, 5.74) is 3.47. The van der Waals surface area contributed by atoms with E-state index in [1.807, 2.05) is 17.4 Å². The van der Waals surface area contributed by atoms with Crippen molar-refractivity contribution in [3.05, 3.63) is 34.5 Å². The van der Waals surface area contributed by atoms with Crippen LogP contribution in [0, 0.1) is 18.3 Å². The number of pyridine rings is 1. The van der Waals surface area contributed by atoms with Gasteiger partial charge in [-0.05, 0) is 24.6 Å². The average Bonchev–Trinajstić information content (AvgIpc) is 3.15. The van der Waals surface area contributed by atoms with Gasteiger partial charge in [-0.1, -0.05) is 0 Å². The minimum Gasteiger partial charge on any atom is -0.378 e. The maximum atomic E-state index is 9.06. The Hall–Kier alpha value is -2.64. The standard InChI is InChI=1S/C22H25N7OS/c1-15-18(14-28-6-4-24-5-7-28)31-20-19(15)26-21(16-2-3-17(12-23)25-13-16)27-22(20)29-8-10-30-11-9-29/h2-3,13,24H,4-11,14H2,1H3. The summed E-state index contributed by atoms with van der Waals surface area (Å²) in [5.74, 6) is 1.63. The van der Waals surface area contributed by atoms with Crippen molar-refractivity contribution in [3.63, 3.8) is 0 Å². The maximum Gasteiger partial charge on any atom is 0.163 e. The fraction of sp³-hybridized carbons (Fsp3) is 0.455. The third-order valence-corrected chi connectivity index (χ3v) is 7.13. The summed E-state index contributed by atoms with van der Waals surface area (Å²) >= 11 is 1.82. The van der Waals surface area contributed by atoms with Crippen molar-refractivity contribution < 1.29 is 4.74 Å². The van der Waals surface area contributed by atoms with E-state index < -0.39 is 0 Å². The first-order valence-electron chi connectivity index (χ1n) is 10.7. The number of anilines is 1. The van der Waals surface area contributed by atoms with E-state index in [0.717, 1.165) is 67.4 Å². The number of rotatable bonds is 4. The lowest BCUT2D eigenvalue weighted by Gasteiger charge is -2.28. The summed E-state index contributed by atoms with van der Waals surface area (Å²) in [6, 6.07) is 5.66. The number of nitrogens with one attached hydrogen (secondary N) is 1. The number of aryl methyl sites for hydroxylation is 1. The number of piperazine rings is 1. The van der Waals surface area contributed by atoms with Gasteiger partial charge in [-0.25, -0.2) is 15.0 Å². The van der Waals surface area contributed by atoms with E-state index >= 15 is 0 Å². The SMILES string of the molecule is Cc1c(CN2CCNCC2)sc2c(N3CCOCC3)nc(-c3ccc(C#N)nc3)nc12. The van der Waals surface area contributed by atoms with Gasteiger partial charge in [0.05, 0.1) is 23.4 Å². The summed E-state index contributed by atoms with van der Waals surface area (Å²) < 4.78 is 6.72. The number of aromatic nitrogens is 3. The molecule has 1 N–H and O–H groups in total. The van der Waals surface area contributed by atoms with Crippen LogP contribution in [0.2, 0.25) is 0 Å². The molecule has 160 valence electrons. The molecule has 31 heavy (non-hydrogen) atoms. The van der Waals surface area contributed by atoms with Crippen molar-refractivity contribution in [2.45, 2.75) is 13.5 Å². The Morgan fingerprint density at radius 2 is 1.97 bits per heavy atom. The van der Waals surface area contributed by atoms with E-state index in [1.165, 1.54) is 10.4 Å². The van der Waals surface area contributed by atoms with Crippen LogP contribution in [0.3, 0.4) is 0 Å². The van der Waals surface area contributed by atoms with Crippen LogP contribution in [-0.2, 0) is 11.3 Å². The summed E-state index contributed by atoms with van der Waals surface area (Å²) in [6.45, 7) is 10.4. The molecule has 9 heteroatoms. The van der Waals surface area contributed by atoms with Gasteiger partial charge in [0, 0.05) is 62.5 Å². The fourth-order valence-corrected chi connectivity index (χ4v) is 5.36. The van der Waals surface area contributed by atoms with Crippen molar-refractivity contribution in [2.75, 3.05) is 57.4 Å². The van der Waals surface area contributed by atoms with Gasteiger partial charge in [0.1, 0.15) is 11.8 Å². The summed E-state index contributed by atoms with van der Waals surface area (Å²) in [5, 5.41) is 12.5. The third kappa shape index (κ3) is 4.12. The number of thiophene rings is 1. The number of nitrogens with zero attached hydrogens (tertiary/aromatic N) is 6. The van der Waals surface area contributed by atoms with Gasteiger partial charge in [-0.15, -0.1) is 11.3 Å². The Morgan fingerprint density at radius 1 is 1.16 bits per heavy atom. The monoisotopic (exact) mass is 435 g/mol. The molecule has 2 fully saturated rings. The molecule has 0 radical (unpaired) electrons. The molecule has 0 bridgehead atoms. The van der Waals surface area contributed by atoms with Crippen molar-refractivity contribution >= 4 is 27.4 Å². The molecule has 2 aliphatic heterocycles. The Kier molecular flexibility index (Phi) is 5.78. The molecule has 0 amide bonds. The van der Waals surface area contributed by atoms with E-state index in [2.05, 4.69) is 33.1 Å². The van der Waals surface area contributed by atoms with Crippen LogP contribution < -0.4 is 10.2 Å². The predicted molar refractivity (Wildman–Crippen MR) is 121 cm³/mol. The molecule has 3 aromatic heterocycles. The molecule has 2 aliphatic rings. The van der Waals surface area contributed by atoms with Gasteiger partial charge < -0.3 is 15.0 Å². The number of hydrogen-bond acceptors (Lipinski definition) is 9. The molecule has 8 nitrogen and oxygen atoms in total. The number of fused-ring (bicyclic) bond motifs is 1. The number of ether oxygens (including phenoxy) is 1. The molecular weight excluding hydrogens is 410 g/mol. The van der Waals surface area contributed by atoms with Crippen LogP contribution in [0.1, 0.15) is 16.1 Å². The molecule has 2 saturated heterocycles. The maximum absolute atomic E-state index is 9.06. The number of nitriles is 1. The molecule has 0 unspecified atom stereocenters. The lowest BCUT2D eigenvalue weighted by molar-refractivity contribution is 0.122. The zero-order valence-electron chi connectivity index (χ0n) is 17.6. The molecule has 0 aromatic carbocycles. The van der Waals surface area contributed by atoms with Gasteiger partial charge in [0.25, 0.3) is 0 Å². The largest absolute Gasteiger partial charge is 0.378 e. The minimum absolute atomic E-state index is 0.392. The fourth-order valence-electron chi connectivity index (χ4n) is 4.05. The second-order valence-electron chi connectivity index (χ2n) is 7.87. The van der Waals surface area contributed by atoms with Crippen molar-refractivity contribution in [1.29, 1.82) is 5.26 Å². The second kappa shape index (κ2) is 8.85. The average molecular weight is 436 g/mol. The van der Waals surface area contributed by atoms with E-state index in [0.29, 0.717) is 24.7 Å². The molecule has 0 aliphatic carbocycles. The highest BCUT2D eigenvalue weighted by Crippen LogP contribution is 2.38. The van der Waals surface area contributed by atoms with Crippen LogP contribution in [0.15, 0.2) is 18.3 Å². The van der Waals surface area contributed by atoms with Crippen molar-refractivity contribution in [2.24, 2.45) is 0 Å². The smallest absolute Gasteiger partial charge is 0.163 e. The zero-order valence-corrected chi connectivity index (χ0v) is 18.4. The van der Waals surface area contributed by atoms with Gasteiger partial charge in [0.2, 0.25) is 0 Å². The van der Waals surface area contributed by atoms with Crippen LogP contribution in [0.5, 0.6) is 0 Å². The first-order valence-corrected chi connectivity index (χ1v) is 11.5. The second-order valence-corrected chi connectivity index (χ2v) is 8.97. The highest BCUT2D eigenvalue weighted by atomic mass is 32.1. The van der Waals surface area contributed by atoms with Crippen LogP contribution >= 0.6 is 11.3 Å². The number of hydrogen-bond donors (Lipinski definition) is 1. The van der Waals surface area contributed by atoms with E-state index in [4.69, 9.17) is 20.0 Å². The zero-order chi connectivity index (χ0) is 21.2. The summed E-state index contributed by atoms with van der Waals surface area (Å²) in [7, 11) is 0. The highest BCUT2D eigenvalue weighted by molar-refractivity contribution is 7.19. The molecule has 5 heterocycles. The lowest BCUT2D eigenvalue weighted by Crippen LogP contribution is -2.42. The van der Waals surface area contributed by atoms with E-state index in [-0.39, 0.29) is 0 Å². The first kappa shape index (κ1) is 20.3. The quantitative estimate of drug-likeness (QED) is 0.667. The third-order valence-electron chi connectivity index (χ3n) is 5.87. The Morgan fingerprint density at radius 3 is 2.68 bits per heavy atom.